The maximum absolute atomic E-state index is 13.4. The Labute approximate surface area is 217 Å². The van der Waals surface area contributed by atoms with Crippen LogP contribution in [0.3, 0.4) is 0 Å². The van der Waals surface area contributed by atoms with Gasteiger partial charge in [-0.25, -0.2) is 4.39 Å². The Morgan fingerprint density at radius 2 is 1.70 bits per heavy atom. The summed E-state index contributed by atoms with van der Waals surface area (Å²) in [6.45, 7) is 3.06. The topological polar surface area (TPSA) is 87.9 Å². The number of hydrogen-bond donors (Lipinski definition) is 2. The molecule has 1 heterocycles. The van der Waals surface area contributed by atoms with E-state index in [1.807, 2.05) is 19.1 Å². The first-order valence-corrected chi connectivity index (χ1v) is 12.5. The number of halogens is 1. The highest BCUT2D eigenvalue weighted by Crippen LogP contribution is 2.27. The maximum atomic E-state index is 13.4. The van der Waals surface area contributed by atoms with Crippen LogP contribution in [0.2, 0.25) is 0 Å². The number of hydrogen-bond acceptors (Lipinski definition) is 5. The van der Waals surface area contributed by atoms with E-state index in [2.05, 4.69) is 40.5 Å². The SMILES string of the molecule is CNC(=O)C(Cc1ccc2ccccc2c1)N1CCN(C(=O)C(N)Cc2ccc(F)cc2)C(C)(OC)C1. The highest BCUT2D eigenvalue weighted by Gasteiger charge is 2.44. The number of amides is 2. The van der Waals surface area contributed by atoms with Crippen LogP contribution in [-0.2, 0) is 27.2 Å². The van der Waals surface area contributed by atoms with Gasteiger partial charge in [0.2, 0.25) is 11.8 Å². The minimum absolute atomic E-state index is 0.0839. The predicted octanol–water partition coefficient (Wildman–Crippen LogP) is 2.71. The normalized spacial score (nSPS) is 20.0. The lowest BCUT2D eigenvalue weighted by molar-refractivity contribution is -0.185. The molecule has 196 valence electrons. The lowest BCUT2D eigenvalue weighted by Crippen LogP contribution is -2.68. The second-order valence-corrected chi connectivity index (χ2v) is 9.79. The lowest BCUT2D eigenvalue weighted by Gasteiger charge is -2.50. The molecule has 3 aromatic carbocycles. The zero-order valence-corrected chi connectivity index (χ0v) is 21.6. The quantitative estimate of drug-likeness (QED) is 0.491. The molecule has 3 N–H and O–H groups in total. The fourth-order valence-corrected chi connectivity index (χ4v) is 5.10. The number of nitrogens with zero attached hydrogens (tertiary/aromatic N) is 2. The molecule has 3 aromatic rings. The van der Waals surface area contributed by atoms with Crippen LogP contribution in [0.5, 0.6) is 0 Å². The molecule has 2 amide bonds. The van der Waals surface area contributed by atoms with E-state index in [1.54, 1.807) is 31.2 Å². The molecule has 0 spiro atoms. The van der Waals surface area contributed by atoms with E-state index in [0.717, 1.165) is 21.9 Å². The van der Waals surface area contributed by atoms with Crippen molar-refractivity contribution in [3.8, 4) is 0 Å². The molecule has 0 aromatic heterocycles. The Kier molecular flexibility index (Phi) is 8.22. The van der Waals surface area contributed by atoms with E-state index in [4.69, 9.17) is 10.5 Å². The van der Waals surface area contributed by atoms with Gasteiger partial charge in [-0.15, -0.1) is 0 Å². The fourth-order valence-electron chi connectivity index (χ4n) is 5.10. The highest BCUT2D eigenvalue weighted by molar-refractivity contribution is 5.85. The van der Waals surface area contributed by atoms with Gasteiger partial charge in [-0.3, -0.25) is 14.5 Å². The Hall–Kier alpha value is -3.33. The van der Waals surface area contributed by atoms with Crippen molar-refractivity contribution in [2.45, 2.75) is 37.6 Å². The van der Waals surface area contributed by atoms with Crippen molar-refractivity contribution in [2.24, 2.45) is 5.73 Å². The summed E-state index contributed by atoms with van der Waals surface area (Å²) in [5.74, 6) is -0.653. The third kappa shape index (κ3) is 5.98. The third-order valence-electron chi connectivity index (χ3n) is 7.30. The van der Waals surface area contributed by atoms with Crippen molar-refractivity contribution in [2.75, 3.05) is 33.8 Å². The predicted molar refractivity (Wildman–Crippen MR) is 142 cm³/mol. The number of likely N-dealkylation sites (N-methyl/N-ethyl adjacent to an activating group) is 1. The first-order chi connectivity index (χ1) is 17.7. The van der Waals surface area contributed by atoms with Crippen LogP contribution in [0.4, 0.5) is 4.39 Å². The molecule has 1 saturated heterocycles. The standard InChI is InChI=1S/C29H35FN4O3/c1-29(37-3)19-33(14-15-34(29)28(36)25(31)17-20-9-12-24(30)13-10-20)26(27(35)32-2)18-21-8-11-22-6-4-5-7-23(22)16-21/h4-13,16,25-26H,14-15,17-19,31H2,1-3H3,(H,32,35). The van der Waals surface area contributed by atoms with Crippen molar-refractivity contribution in [3.63, 3.8) is 0 Å². The van der Waals surface area contributed by atoms with E-state index in [9.17, 15) is 14.0 Å². The number of rotatable bonds is 8. The number of benzene rings is 3. The Balaban J connectivity index is 1.50. The summed E-state index contributed by atoms with van der Waals surface area (Å²) in [6, 6.07) is 19.2. The van der Waals surface area contributed by atoms with Gasteiger partial charge in [-0.1, -0.05) is 54.6 Å². The number of nitrogens with two attached hydrogens (primary N) is 1. The zero-order valence-electron chi connectivity index (χ0n) is 21.6. The largest absolute Gasteiger partial charge is 0.358 e. The second-order valence-electron chi connectivity index (χ2n) is 9.79. The monoisotopic (exact) mass is 506 g/mol. The van der Waals surface area contributed by atoms with Crippen LogP contribution in [-0.4, -0.2) is 73.2 Å². The van der Waals surface area contributed by atoms with Crippen molar-refractivity contribution < 1.29 is 18.7 Å². The third-order valence-corrected chi connectivity index (χ3v) is 7.30. The van der Waals surface area contributed by atoms with Gasteiger partial charge in [-0.05, 0) is 53.8 Å². The Bertz CT molecular complexity index is 1250. The summed E-state index contributed by atoms with van der Waals surface area (Å²) in [6.07, 6.45) is 0.824. The molecular weight excluding hydrogens is 471 g/mol. The molecule has 1 aliphatic rings. The number of fused-ring (bicyclic) bond motifs is 1. The smallest absolute Gasteiger partial charge is 0.242 e. The van der Waals surface area contributed by atoms with E-state index in [1.165, 1.54) is 12.1 Å². The van der Waals surface area contributed by atoms with Gasteiger partial charge in [0.1, 0.15) is 5.82 Å². The van der Waals surface area contributed by atoms with Crippen LogP contribution < -0.4 is 11.1 Å². The van der Waals surface area contributed by atoms with Crippen molar-refractivity contribution in [1.29, 1.82) is 0 Å². The number of ether oxygens (including phenoxy) is 1. The lowest BCUT2D eigenvalue weighted by atomic mass is 9.97. The Morgan fingerprint density at radius 3 is 2.38 bits per heavy atom. The molecule has 1 fully saturated rings. The van der Waals surface area contributed by atoms with Gasteiger partial charge in [0.25, 0.3) is 0 Å². The molecular formula is C29H35FN4O3. The van der Waals surface area contributed by atoms with Gasteiger partial charge in [0, 0.05) is 33.8 Å². The van der Waals surface area contributed by atoms with Gasteiger partial charge < -0.3 is 20.7 Å². The molecule has 1 aliphatic heterocycles. The summed E-state index contributed by atoms with van der Waals surface area (Å²) in [4.78, 5) is 30.1. The van der Waals surface area contributed by atoms with Gasteiger partial charge in [0.05, 0.1) is 12.1 Å². The average molecular weight is 507 g/mol. The summed E-state index contributed by atoms with van der Waals surface area (Å²) < 4.78 is 19.1. The first-order valence-electron chi connectivity index (χ1n) is 12.5. The fraction of sp³-hybridized carbons (Fsp3) is 0.379. The average Bonchev–Trinajstić information content (AvgIpc) is 2.92. The summed E-state index contributed by atoms with van der Waals surface area (Å²) in [7, 11) is 3.20. The first kappa shape index (κ1) is 26.7. The van der Waals surface area contributed by atoms with Crippen LogP contribution in [0, 0.1) is 5.82 Å². The molecule has 0 aliphatic carbocycles. The molecule has 4 rings (SSSR count). The summed E-state index contributed by atoms with van der Waals surface area (Å²) in [5.41, 5.74) is 7.17. The van der Waals surface area contributed by atoms with Crippen LogP contribution >= 0.6 is 0 Å². The van der Waals surface area contributed by atoms with Crippen molar-refractivity contribution in [3.05, 3.63) is 83.7 Å². The summed E-state index contributed by atoms with van der Waals surface area (Å²) >= 11 is 0. The molecule has 0 radical (unpaired) electrons. The highest BCUT2D eigenvalue weighted by atomic mass is 19.1. The van der Waals surface area contributed by atoms with Crippen LogP contribution in [0.1, 0.15) is 18.1 Å². The molecule has 3 unspecified atom stereocenters. The number of carbonyl (C=O) groups excluding carboxylic acids is 2. The molecule has 0 saturated carbocycles. The summed E-state index contributed by atoms with van der Waals surface area (Å²) in [5, 5.41) is 5.08. The number of methoxy groups -OCH3 is 1. The van der Waals surface area contributed by atoms with Gasteiger partial charge in [-0.2, -0.15) is 0 Å². The van der Waals surface area contributed by atoms with E-state index >= 15 is 0 Å². The maximum Gasteiger partial charge on any atom is 0.242 e. The molecule has 7 nitrogen and oxygen atoms in total. The minimum atomic E-state index is -0.967. The van der Waals surface area contributed by atoms with Crippen LogP contribution in [0.25, 0.3) is 10.8 Å². The van der Waals surface area contributed by atoms with E-state index in [0.29, 0.717) is 32.5 Å². The molecule has 8 heteroatoms. The molecule has 3 atom stereocenters. The Morgan fingerprint density at radius 1 is 1.03 bits per heavy atom. The number of piperazine rings is 1. The van der Waals surface area contributed by atoms with Crippen LogP contribution in [0.15, 0.2) is 66.7 Å². The number of carbonyl (C=O) groups is 2. The molecule has 0 bridgehead atoms. The van der Waals surface area contributed by atoms with E-state index < -0.39 is 17.8 Å². The second kappa shape index (κ2) is 11.4. The minimum Gasteiger partial charge on any atom is -0.358 e. The van der Waals surface area contributed by atoms with Crippen molar-refractivity contribution in [1.82, 2.24) is 15.1 Å². The van der Waals surface area contributed by atoms with E-state index in [-0.39, 0.29) is 17.6 Å². The zero-order chi connectivity index (χ0) is 26.6. The van der Waals surface area contributed by atoms with Gasteiger partial charge in [0.15, 0.2) is 5.72 Å². The number of nitrogens with one attached hydrogen (secondary N) is 1. The van der Waals surface area contributed by atoms with Crippen molar-refractivity contribution >= 4 is 22.6 Å². The van der Waals surface area contributed by atoms with Gasteiger partial charge >= 0.3 is 0 Å². The molecule has 37 heavy (non-hydrogen) atoms.